The molecule has 46 heavy (non-hydrogen) atoms. The molecule has 0 unspecified atom stereocenters. The number of nitrogens with zero attached hydrogens (tertiary/aromatic N) is 2. The van der Waals surface area contributed by atoms with Crippen molar-refractivity contribution < 1.29 is 22.7 Å². The molecule has 0 fully saturated rings. The lowest BCUT2D eigenvalue weighted by atomic mass is 10.0. The number of sulfonamides is 1. The van der Waals surface area contributed by atoms with E-state index in [2.05, 4.69) is 5.32 Å². The Morgan fingerprint density at radius 3 is 2.09 bits per heavy atom. The Labute approximate surface area is 273 Å². The number of ether oxygens (including phenoxy) is 1. The molecule has 0 aromatic heterocycles. The Morgan fingerprint density at radius 1 is 0.826 bits per heavy atom. The molecule has 0 aliphatic rings. The minimum Gasteiger partial charge on any atom is -0.497 e. The molecule has 0 radical (unpaired) electrons. The number of carbonyl (C=O) groups excluding carboxylic acids is 2. The van der Waals surface area contributed by atoms with Crippen molar-refractivity contribution >= 4 is 27.5 Å². The second kappa shape index (κ2) is 16.1. The van der Waals surface area contributed by atoms with Crippen LogP contribution in [0.3, 0.4) is 0 Å². The van der Waals surface area contributed by atoms with E-state index in [1.54, 1.807) is 43.5 Å². The third-order valence-corrected chi connectivity index (χ3v) is 9.59. The van der Waals surface area contributed by atoms with Crippen molar-refractivity contribution in [3.05, 3.63) is 125 Å². The minimum atomic E-state index is -4.15. The Balaban J connectivity index is 1.79. The lowest BCUT2D eigenvalue weighted by molar-refractivity contribution is -0.140. The van der Waals surface area contributed by atoms with Crippen LogP contribution in [0.15, 0.2) is 108 Å². The van der Waals surface area contributed by atoms with Gasteiger partial charge in [-0.25, -0.2) is 8.42 Å². The molecule has 0 saturated heterocycles. The highest BCUT2D eigenvalue weighted by Gasteiger charge is 2.34. The van der Waals surface area contributed by atoms with Crippen LogP contribution in [-0.4, -0.2) is 51.4 Å². The molecular formula is C37H43N3O5S. The predicted molar refractivity (Wildman–Crippen MR) is 182 cm³/mol. The summed E-state index contributed by atoms with van der Waals surface area (Å²) in [5.74, 6) is -0.192. The van der Waals surface area contributed by atoms with Crippen molar-refractivity contribution in [1.82, 2.24) is 10.2 Å². The Kier molecular flexibility index (Phi) is 12.0. The SMILES string of the molecule is CCCCNC(=O)[C@H](Cc1ccccc1)N(Cc1cccc(OC)c1)C(=O)CN(c1ccc(C)cc1)S(=O)(=O)c1ccc(C)cc1. The zero-order chi connectivity index (χ0) is 33.1. The van der Waals surface area contributed by atoms with Crippen molar-refractivity contribution in [2.24, 2.45) is 0 Å². The number of benzene rings is 4. The molecule has 9 heteroatoms. The molecule has 0 heterocycles. The van der Waals surface area contributed by atoms with E-state index in [0.717, 1.165) is 39.4 Å². The summed E-state index contributed by atoms with van der Waals surface area (Å²) in [7, 11) is -2.59. The van der Waals surface area contributed by atoms with Gasteiger partial charge in [-0.2, -0.15) is 0 Å². The number of rotatable bonds is 15. The van der Waals surface area contributed by atoms with Crippen LogP contribution < -0.4 is 14.4 Å². The van der Waals surface area contributed by atoms with Gasteiger partial charge in [-0.3, -0.25) is 13.9 Å². The number of aryl methyl sites for hydroxylation is 2. The van der Waals surface area contributed by atoms with E-state index in [-0.39, 0.29) is 23.8 Å². The summed E-state index contributed by atoms with van der Waals surface area (Å²) in [5.41, 5.74) is 3.85. The summed E-state index contributed by atoms with van der Waals surface area (Å²) in [6, 6.07) is 29.5. The molecule has 242 valence electrons. The Bertz CT molecular complexity index is 1690. The summed E-state index contributed by atoms with van der Waals surface area (Å²) < 4.78 is 34.9. The highest BCUT2D eigenvalue weighted by atomic mass is 32.2. The number of hydrogen-bond acceptors (Lipinski definition) is 5. The van der Waals surface area contributed by atoms with Gasteiger partial charge in [-0.15, -0.1) is 0 Å². The molecule has 8 nitrogen and oxygen atoms in total. The van der Waals surface area contributed by atoms with Crippen LogP contribution in [0.2, 0.25) is 0 Å². The first-order valence-corrected chi connectivity index (χ1v) is 17.0. The van der Waals surface area contributed by atoms with E-state index in [4.69, 9.17) is 4.74 Å². The van der Waals surface area contributed by atoms with E-state index in [9.17, 15) is 18.0 Å². The minimum absolute atomic E-state index is 0.0705. The Hall–Kier alpha value is -4.63. The van der Waals surface area contributed by atoms with E-state index in [0.29, 0.717) is 18.0 Å². The number of anilines is 1. The quantitative estimate of drug-likeness (QED) is 0.159. The second-order valence-electron chi connectivity index (χ2n) is 11.4. The maximum absolute atomic E-state index is 14.6. The van der Waals surface area contributed by atoms with Crippen molar-refractivity contribution in [1.29, 1.82) is 0 Å². The fraction of sp³-hybridized carbons (Fsp3) is 0.297. The first-order valence-electron chi connectivity index (χ1n) is 15.5. The number of methoxy groups -OCH3 is 1. The van der Waals surface area contributed by atoms with Gasteiger partial charge >= 0.3 is 0 Å². The molecule has 2 amide bonds. The molecule has 4 aromatic rings. The molecule has 0 spiro atoms. The van der Waals surface area contributed by atoms with Gasteiger partial charge in [0, 0.05) is 19.5 Å². The van der Waals surface area contributed by atoms with Crippen LogP contribution in [0.4, 0.5) is 5.69 Å². The zero-order valence-corrected chi connectivity index (χ0v) is 27.8. The molecule has 0 saturated carbocycles. The van der Waals surface area contributed by atoms with Gasteiger partial charge < -0.3 is 15.0 Å². The summed E-state index contributed by atoms with van der Waals surface area (Å²) >= 11 is 0. The third-order valence-electron chi connectivity index (χ3n) is 7.80. The molecule has 4 aromatic carbocycles. The number of unbranched alkanes of at least 4 members (excludes halogenated alkanes) is 1. The molecule has 0 bridgehead atoms. The van der Waals surface area contributed by atoms with Gasteiger partial charge in [0.1, 0.15) is 18.3 Å². The van der Waals surface area contributed by atoms with Gasteiger partial charge in [0.05, 0.1) is 17.7 Å². The van der Waals surface area contributed by atoms with Gasteiger partial charge in [0.25, 0.3) is 10.0 Å². The van der Waals surface area contributed by atoms with Gasteiger partial charge in [0.2, 0.25) is 11.8 Å². The average Bonchev–Trinajstić information content (AvgIpc) is 3.06. The van der Waals surface area contributed by atoms with Crippen molar-refractivity contribution in [2.75, 3.05) is 24.5 Å². The van der Waals surface area contributed by atoms with Crippen molar-refractivity contribution in [3.8, 4) is 5.75 Å². The largest absolute Gasteiger partial charge is 0.497 e. The molecule has 0 aliphatic carbocycles. The smallest absolute Gasteiger partial charge is 0.264 e. The van der Waals surface area contributed by atoms with Gasteiger partial charge in [-0.1, -0.05) is 91.2 Å². The topological polar surface area (TPSA) is 96.0 Å². The van der Waals surface area contributed by atoms with Crippen LogP contribution in [-0.2, 0) is 32.6 Å². The number of amides is 2. The zero-order valence-electron chi connectivity index (χ0n) is 27.0. The number of carbonyl (C=O) groups is 2. The van der Waals surface area contributed by atoms with E-state index < -0.39 is 28.5 Å². The van der Waals surface area contributed by atoms with E-state index >= 15 is 0 Å². The monoisotopic (exact) mass is 641 g/mol. The first-order chi connectivity index (χ1) is 22.1. The summed E-state index contributed by atoms with van der Waals surface area (Å²) in [4.78, 5) is 30.0. The molecule has 1 N–H and O–H groups in total. The average molecular weight is 642 g/mol. The standard InChI is InChI=1S/C37H43N3O5S/c1-5-6-23-38-37(42)35(25-30-11-8-7-9-12-30)39(26-31-13-10-14-33(24-31)45-4)36(41)27-40(32-19-15-28(2)16-20-32)46(43,44)34-21-17-29(3)18-22-34/h7-22,24,35H,5-6,23,25-27H2,1-4H3,(H,38,42)/t35-/m0/s1. The lowest BCUT2D eigenvalue weighted by Gasteiger charge is -2.34. The maximum Gasteiger partial charge on any atom is 0.264 e. The van der Waals surface area contributed by atoms with E-state index in [1.165, 1.54) is 4.90 Å². The molecular weight excluding hydrogens is 598 g/mol. The number of hydrogen-bond donors (Lipinski definition) is 1. The number of nitrogens with one attached hydrogen (secondary N) is 1. The molecule has 0 aliphatic heterocycles. The molecule has 4 rings (SSSR count). The first kappa shape index (κ1) is 34.2. The highest BCUT2D eigenvalue weighted by Crippen LogP contribution is 2.26. The van der Waals surface area contributed by atoms with Crippen molar-refractivity contribution in [2.45, 2.75) is 57.5 Å². The Morgan fingerprint density at radius 2 is 1.46 bits per heavy atom. The lowest BCUT2D eigenvalue weighted by Crippen LogP contribution is -2.53. The van der Waals surface area contributed by atoms with Crippen LogP contribution in [0.25, 0.3) is 0 Å². The van der Waals surface area contributed by atoms with Crippen molar-refractivity contribution in [3.63, 3.8) is 0 Å². The summed E-state index contributed by atoms with van der Waals surface area (Å²) in [5, 5.41) is 3.01. The van der Waals surface area contributed by atoms with Crippen LogP contribution in [0.1, 0.15) is 42.0 Å². The summed E-state index contributed by atoms with van der Waals surface area (Å²) in [6.45, 7) is 5.87. The van der Waals surface area contributed by atoms with Crippen LogP contribution >= 0.6 is 0 Å². The van der Waals surface area contributed by atoms with Gasteiger partial charge in [-0.05, 0) is 67.8 Å². The van der Waals surface area contributed by atoms with Crippen LogP contribution in [0, 0.1) is 13.8 Å². The fourth-order valence-corrected chi connectivity index (χ4v) is 6.52. The fourth-order valence-electron chi connectivity index (χ4n) is 5.10. The highest BCUT2D eigenvalue weighted by molar-refractivity contribution is 7.92. The maximum atomic E-state index is 14.6. The summed E-state index contributed by atoms with van der Waals surface area (Å²) in [6.07, 6.45) is 1.95. The third kappa shape index (κ3) is 8.97. The normalized spacial score (nSPS) is 11.8. The van der Waals surface area contributed by atoms with E-state index in [1.807, 2.05) is 87.5 Å². The predicted octanol–water partition coefficient (Wildman–Crippen LogP) is 6.06. The van der Waals surface area contributed by atoms with Crippen LogP contribution in [0.5, 0.6) is 5.75 Å². The van der Waals surface area contributed by atoms with Gasteiger partial charge in [0.15, 0.2) is 0 Å². The second-order valence-corrected chi connectivity index (χ2v) is 13.2. The molecule has 1 atom stereocenters.